The first-order chi connectivity index (χ1) is 21.2. The standard InChI is InChI=1S/C41H29NO/c1-28-37-16-6-7-19-40(37)43-41(28)33-14-8-15-35(27-33)42(36-25-20-29-10-2-3-12-32(29)26-36)34-23-21-31(22-24-34)39-18-9-13-30-11-4-5-17-38(30)39/h2-27H,1H3. The van der Waals surface area contributed by atoms with Crippen LogP contribution in [0.25, 0.3) is 55.0 Å². The summed E-state index contributed by atoms with van der Waals surface area (Å²) >= 11 is 0. The molecule has 0 bridgehead atoms. The number of para-hydroxylation sites is 1. The molecule has 0 aliphatic carbocycles. The molecule has 0 fully saturated rings. The van der Waals surface area contributed by atoms with Gasteiger partial charge in [0.15, 0.2) is 0 Å². The Hall–Kier alpha value is -5.60. The number of aryl methyl sites for hydroxylation is 1. The zero-order chi connectivity index (χ0) is 28.8. The van der Waals surface area contributed by atoms with Gasteiger partial charge in [0.1, 0.15) is 11.3 Å². The molecule has 2 nitrogen and oxygen atoms in total. The van der Waals surface area contributed by atoms with Crippen LogP contribution in [0, 0.1) is 6.92 Å². The zero-order valence-electron chi connectivity index (χ0n) is 23.9. The lowest BCUT2D eigenvalue weighted by Gasteiger charge is -2.26. The summed E-state index contributed by atoms with van der Waals surface area (Å²) in [5.74, 6) is 0.910. The van der Waals surface area contributed by atoms with E-state index in [1.54, 1.807) is 0 Å². The average Bonchev–Trinajstić information content (AvgIpc) is 3.41. The molecule has 0 N–H and O–H groups in total. The molecule has 0 radical (unpaired) electrons. The van der Waals surface area contributed by atoms with E-state index in [1.807, 2.05) is 12.1 Å². The van der Waals surface area contributed by atoms with E-state index >= 15 is 0 Å². The van der Waals surface area contributed by atoms with E-state index in [1.165, 1.54) is 32.7 Å². The molecule has 0 unspecified atom stereocenters. The third-order valence-electron chi connectivity index (χ3n) is 8.43. The summed E-state index contributed by atoms with van der Waals surface area (Å²) in [4.78, 5) is 2.33. The zero-order valence-corrected chi connectivity index (χ0v) is 23.9. The van der Waals surface area contributed by atoms with Crippen molar-refractivity contribution in [2.75, 3.05) is 4.90 Å². The number of hydrogen-bond donors (Lipinski definition) is 0. The second-order valence-electron chi connectivity index (χ2n) is 11.0. The largest absolute Gasteiger partial charge is 0.456 e. The number of fused-ring (bicyclic) bond motifs is 3. The van der Waals surface area contributed by atoms with Crippen molar-refractivity contribution < 1.29 is 4.42 Å². The smallest absolute Gasteiger partial charge is 0.138 e. The lowest BCUT2D eigenvalue weighted by atomic mass is 9.98. The first-order valence-electron chi connectivity index (χ1n) is 14.7. The Morgan fingerprint density at radius 2 is 1.09 bits per heavy atom. The predicted octanol–water partition coefficient (Wildman–Crippen LogP) is 11.9. The molecule has 8 aromatic rings. The molecule has 0 atom stereocenters. The van der Waals surface area contributed by atoms with Crippen LogP contribution >= 0.6 is 0 Å². The maximum Gasteiger partial charge on any atom is 0.138 e. The molecular weight excluding hydrogens is 522 g/mol. The first-order valence-corrected chi connectivity index (χ1v) is 14.7. The topological polar surface area (TPSA) is 16.4 Å². The van der Waals surface area contributed by atoms with Crippen LogP contribution in [0.5, 0.6) is 0 Å². The van der Waals surface area contributed by atoms with Gasteiger partial charge in [-0.15, -0.1) is 0 Å². The van der Waals surface area contributed by atoms with Gasteiger partial charge in [0.2, 0.25) is 0 Å². The van der Waals surface area contributed by atoms with E-state index in [-0.39, 0.29) is 0 Å². The van der Waals surface area contributed by atoms with Gasteiger partial charge in [-0.1, -0.05) is 115 Å². The molecule has 2 heteroatoms. The SMILES string of the molecule is Cc1c(-c2cccc(N(c3ccc(-c4cccc5ccccc45)cc3)c3ccc4ccccc4c3)c2)oc2ccccc12. The monoisotopic (exact) mass is 551 g/mol. The van der Waals surface area contributed by atoms with Crippen molar-refractivity contribution in [1.82, 2.24) is 0 Å². The van der Waals surface area contributed by atoms with E-state index in [0.717, 1.165) is 44.9 Å². The van der Waals surface area contributed by atoms with Gasteiger partial charge in [-0.3, -0.25) is 0 Å². The van der Waals surface area contributed by atoms with Crippen molar-refractivity contribution in [3.8, 4) is 22.5 Å². The molecule has 43 heavy (non-hydrogen) atoms. The Bertz CT molecular complexity index is 2250. The van der Waals surface area contributed by atoms with Gasteiger partial charge >= 0.3 is 0 Å². The van der Waals surface area contributed by atoms with Gasteiger partial charge in [-0.2, -0.15) is 0 Å². The highest BCUT2D eigenvalue weighted by Crippen LogP contribution is 2.40. The lowest BCUT2D eigenvalue weighted by molar-refractivity contribution is 0.629. The van der Waals surface area contributed by atoms with Crippen molar-refractivity contribution >= 4 is 49.6 Å². The second kappa shape index (κ2) is 10.3. The first kappa shape index (κ1) is 25.1. The van der Waals surface area contributed by atoms with E-state index in [9.17, 15) is 0 Å². The Morgan fingerprint density at radius 1 is 0.442 bits per heavy atom. The van der Waals surface area contributed by atoms with Crippen LogP contribution in [-0.4, -0.2) is 0 Å². The fourth-order valence-electron chi connectivity index (χ4n) is 6.27. The van der Waals surface area contributed by atoms with Gasteiger partial charge in [0.05, 0.1) is 0 Å². The number of anilines is 3. The molecule has 0 spiro atoms. The van der Waals surface area contributed by atoms with Crippen LogP contribution in [-0.2, 0) is 0 Å². The highest BCUT2D eigenvalue weighted by molar-refractivity contribution is 5.97. The van der Waals surface area contributed by atoms with Crippen molar-refractivity contribution in [1.29, 1.82) is 0 Å². The highest BCUT2D eigenvalue weighted by atomic mass is 16.3. The average molecular weight is 552 g/mol. The molecule has 0 amide bonds. The van der Waals surface area contributed by atoms with Gasteiger partial charge in [0, 0.05) is 33.6 Å². The van der Waals surface area contributed by atoms with E-state index < -0.39 is 0 Å². The summed E-state index contributed by atoms with van der Waals surface area (Å²) in [5, 5.41) is 6.10. The Labute approximate surface area is 251 Å². The van der Waals surface area contributed by atoms with Crippen molar-refractivity contribution in [2.45, 2.75) is 6.92 Å². The van der Waals surface area contributed by atoms with Crippen LogP contribution in [0.2, 0.25) is 0 Å². The summed E-state index contributed by atoms with van der Waals surface area (Å²) in [6, 6.07) is 56.1. The van der Waals surface area contributed by atoms with Gasteiger partial charge in [0.25, 0.3) is 0 Å². The predicted molar refractivity (Wildman–Crippen MR) is 182 cm³/mol. The van der Waals surface area contributed by atoms with Crippen molar-refractivity contribution in [3.63, 3.8) is 0 Å². The molecular formula is C41H29NO. The third-order valence-corrected chi connectivity index (χ3v) is 8.43. The van der Waals surface area contributed by atoms with Gasteiger partial charge in [-0.05, 0) is 82.1 Å². The molecule has 0 aliphatic heterocycles. The third kappa shape index (κ3) is 4.45. The van der Waals surface area contributed by atoms with Crippen LogP contribution in [0.15, 0.2) is 162 Å². The summed E-state index contributed by atoms with van der Waals surface area (Å²) in [5.41, 5.74) is 8.85. The molecule has 1 aromatic heterocycles. The minimum Gasteiger partial charge on any atom is -0.456 e. The summed E-state index contributed by atoms with van der Waals surface area (Å²) in [6.45, 7) is 2.14. The molecule has 0 saturated heterocycles. The van der Waals surface area contributed by atoms with Gasteiger partial charge in [-0.25, -0.2) is 0 Å². The van der Waals surface area contributed by atoms with E-state index in [0.29, 0.717) is 0 Å². The minimum atomic E-state index is 0.910. The maximum absolute atomic E-state index is 6.37. The van der Waals surface area contributed by atoms with Gasteiger partial charge < -0.3 is 9.32 Å². The van der Waals surface area contributed by atoms with E-state index in [2.05, 4.69) is 157 Å². The number of nitrogens with zero attached hydrogens (tertiary/aromatic N) is 1. The van der Waals surface area contributed by atoms with Crippen molar-refractivity contribution in [3.05, 3.63) is 163 Å². The fraction of sp³-hybridized carbons (Fsp3) is 0.0244. The number of rotatable bonds is 5. The van der Waals surface area contributed by atoms with Crippen LogP contribution < -0.4 is 4.90 Å². The Balaban J connectivity index is 1.27. The number of hydrogen-bond acceptors (Lipinski definition) is 2. The molecule has 1 heterocycles. The molecule has 7 aromatic carbocycles. The Kier molecular flexibility index (Phi) is 6.05. The summed E-state index contributed by atoms with van der Waals surface area (Å²) in [6.07, 6.45) is 0. The van der Waals surface area contributed by atoms with Crippen molar-refractivity contribution in [2.24, 2.45) is 0 Å². The molecule has 0 saturated carbocycles. The minimum absolute atomic E-state index is 0.910. The Morgan fingerprint density at radius 3 is 1.93 bits per heavy atom. The second-order valence-corrected chi connectivity index (χ2v) is 11.0. The molecule has 8 rings (SSSR count). The molecule has 0 aliphatic rings. The fourth-order valence-corrected chi connectivity index (χ4v) is 6.27. The van der Waals surface area contributed by atoms with Crippen LogP contribution in [0.1, 0.15) is 5.56 Å². The maximum atomic E-state index is 6.37. The highest BCUT2D eigenvalue weighted by Gasteiger charge is 2.17. The number of furan rings is 1. The summed E-state index contributed by atoms with van der Waals surface area (Å²) < 4.78 is 6.37. The quantitative estimate of drug-likeness (QED) is 0.211. The molecule has 204 valence electrons. The van der Waals surface area contributed by atoms with Crippen LogP contribution in [0.3, 0.4) is 0 Å². The van der Waals surface area contributed by atoms with E-state index in [4.69, 9.17) is 4.42 Å². The lowest BCUT2D eigenvalue weighted by Crippen LogP contribution is -2.10. The van der Waals surface area contributed by atoms with Crippen LogP contribution in [0.4, 0.5) is 17.1 Å². The normalized spacial score (nSPS) is 11.4. The summed E-state index contributed by atoms with van der Waals surface area (Å²) in [7, 11) is 0. The number of benzene rings is 7.